The van der Waals surface area contributed by atoms with Crippen molar-refractivity contribution in [3.63, 3.8) is 0 Å². The molecular formula is C14H15N3O2. The lowest BCUT2D eigenvalue weighted by atomic mass is 10.0. The zero-order chi connectivity index (χ0) is 13.8. The summed E-state index contributed by atoms with van der Waals surface area (Å²) in [5.74, 6) is 0. The van der Waals surface area contributed by atoms with E-state index in [2.05, 4.69) is 4.98 Å². The fraction of sp³-hybridized carbons (Fsp3) is 0.214. The standard InChI is InChI=1S/C14H15N3O2/c1-10-7-12(17(18)19)9-16-14(10)8-13(15)11-5-3-2-4-6-11/h2-7,9,13H,8,15H2,1H3. The van der Waals surface area contributed by atoms with E-state index in [4.69, 9.17) is 5.73 Å². The van der Waals surface area contributed by atoms with Gasteiger partial charge in [-0.15, -0.1) is 0 Å². The topological polar surface area (TPSA) is 82.0 Å². The summed E-state index contributed by atoms with van der Waals surface area (Å²) < 4.78 is 0. The fourth-order valence-electron chi connectivity index (χ4n) is 1.93. The zero-order valence-electron chi connectivity index (χ0n) is 10.6. The Morgan fingerprint density at radius 3 is 2.63 bits per heavy atom. The minimum absolute atomic E-state index is 0.00883. The second-order valence-electron chi connectivity index (χ2n) is 4.44. The van der Waals surface area contributed by atoms with Crippen molar-refractivity contribution in [2.45, 2.75) is 19.4 Å². The highest BCUT2D eigenvalue weighted by atomic mass is 16.6. The molecule has 1 heterocycles. The highest BCUT2D eigenvalue weighted by molar-refractivity contribution is 5.34. The first-order valence-corrected chi connectivity index (χ1v) is 5.98. The van der Waals surface area contributed by atoms with E-state index in [1.807, 2.05) is 37.3 Å². The number of rotatable bonds is 4. The van der Waals surface area contributed by atoms with Gasteiger partial charge in [0.05, 0.1) is 4.92 Å². The van der Waals surface area contributed by atoms with Crippen LogP contribution in [-0.2, 0) is 6.42 Å². The van der Waals surface area contributed by atoms with Crippen LogP contribution in [0.4, 0.5) is 5.69 Å². The lowest BCUT2D eigenvalue weighted by Crippen LogP contribution is -2.14. The number of hydrogen-bond donors (Lipinski definition) is 1. The smallest absolute Gasteiger partial charge is 0.287 e. The molecule has 2 N–H and O–H groups in total. The van der Waals surface area contributed by atoms with Crippen LogP contribution in [0.3, 0.4) is 0 Å². The monoisotopic (exact) mass is 257 g/mol. The maximum absolute atomic E-state index is 10.6. The predicted molar refractivity (Wildman–Crippen MR) is 72.7 cm³/mol. The Kier molecular flexibility index (Phi) is 3.87. The van der Waals surface area contributed by atoms with E-state index in [-0.39, 0.29) is 11.7 Å². The molecule has 19 heavy (non-hydrogen) atoms. The average molecular weight is 257 g/mol. The molecule has 0 bridgehead atoms. The number of nitrogens with two attached hydrogens (primary N) is 1. The van der Waals surface area contributed by atoms with Gasteiger partial charge in [0.25, 0.3) is 5.69 Å². The van der Waals surface area contributed by atoms with Gasteiger partial charge in [0.2, 0.25) is 0 Å². The molecule has 0 fully saturated rings. The third-order valence-corrected chi connectivity index (χ3v) is 3.02. The van der Waals surface area contributed by atoms with Crippen LogP contribution in [0.2, 0.25) is 0 Å². The third kappa shape index (κ3) is 3.14. The van der Waals surface area contributed by atoms with E-state index in [1.165, 1.54) is 12.3 Å². The molecule has 2 rings (SSSR count). The van der Waals surface area contributed by atoms with Gasteiger partial charge in [0.15, 0.2) is 0 Å². The minimum Gasteiger partial charge on any atom is -0.324 e. The zero-order valence-corrected chi connectivity index (χ0v) is 10.6. The largest absolute Gasteiger partial charge is 0.324 e. The SMILES string of the molecule is Cc1cc([N+](=O)[O-])cnc1CC(N)c1ccccc1. The first-order valence-electron chi connectivity index (χ1n) is 5.98. The summed E-state index contributed by atoms with van der Waals surface area (Å²) in [6.45, 7) is 1.81. The van der Waals surface area contributed by atoms with Crippen LogP contribution in [0.25, 0.3) is 0 Å². The van der Waals surface area contributed by atoms with Crippen molar-refractivity contribution in [1.29, 1.82) is 0 Å². The van der Waals surface area contributed by atoms with E-state index in [1.54, 1.807) is 0 Å². The van der Waals surface area contributed by atoms with Crippen molar-refractivity contribution in [2.24, 2.45) is 5.73 Å². The number of aromatic nitrogens is 1. The first-order chi connectivity index (χ1) is 9.08. The predicted octanol–water partition coefficient (Wildman–Crippen LogP) is 2.54. The van der Waals surface area contributed by atoms with Crippen molar-refractivity contribution in [3.05, 3.63) is 69.5 Å². The molecule has 0 spiro atoms. The van der Waals surface area contributed by atoms with E-state index in [0.29, 0.717) is 6.42 Å². The van der Waals surface area contributed by atoms with Crippen LogP contribution < -0.4 is 5.73 Å². The summed E-state index contributed by atoms with van der Waals surface area (Å²) in [6.07, 6.45) is 1.84. The number of aryl methyl sites for hydroxylation is 1. The maximum Gasteiger partial charge on any atom is 0.287 e. The van der Waals surface area contributed by atoms with Gasteiger partial charge in [-0.1, -0.05) is 30.3 Å². The van der Waals surface area contributed by atoms with Gasteiger partial charge in [0.1, 0.15) is 6.20 Å². The van der Waals surface area contributed by atoms with Gasteiger partial charge in [-0.2, -0.15) is 0 Å². The molecule has 0 aliphatic carbocycles. The Morgan fingerprint density at radius 2 is 2.05 bits per heavy atom. The van der Waals surface area contributed by atoms with Gasteiger partial charge in [-0.3, -0.25) is 15.1 Å². The molecule has 0 aliphatic rings. The van der Waals surface area contributed by atoms with Crippen LogP contribution in [0.5, 0.6) is 0 Å². The van der Waals surface area contributed by atoms with Crippen molar-refractivity contribution < 1.29 is 4.92 Å². The Bertz CT molecular complexity index is 584. The number of nitrogens with zero attached hydrogens (tertiary/aromatic N) is 2. The second kappa shape index (κ2) is 5.58. The Hall–Kier alpha value is -2.27. The molecule has 2 aromatic rings. The highest BCUT2D eigenvalue weighted by Gasteiger charge is 2.13. The summed E-state index contributed by atoms with van der Waals surface area (Å²) in [6, 6.07) is 11.1. The van der Waals surface area contributed by atoms with Gasteiger partial charge in [-0.05, 0) is 18.1 Å². The molecule has 1 aromatic heterocycles. The van der Waals surface area contributed by atoms with Crippen LogP contribution in [0.1, 0.15) is 22.9 Å². The lowest BCUT2D eigenvalue weighted by molar-refractivity contribution is -0.385. The summed E-state index contributed by atoms with van der Waals surface area (Å²) in [5, 5.41) is 10.6. The molecule has 0 saturated heterocycles. The van der Waals surface area contributed by atoms with Crippen molar-refractivity contribution in [2.75, 3.05) is 0 Å². The van der Waals surface area contributed by atoms with E-state index >= 15 is 0 Å². The van der Waals surface area contributed by atoms with Gasteiger partial charge >= 0.3 is 0 Å². The van der Waals surface area contributed by atoms with E-state index in [0.717, 1.165) is 16.8 Å². The fourth-order valence-corrected chi connectivity index (χ4v) is 1.93. The first kappa shape index (κ1) is 13.2. The normalized spacial score (nSPS) is 12.1. The molecule has 5 nitrogen and oxygen atoms in total. The Balaban J connectivity index is 2.18. The molecule has 0 radical (unpaired) electrons. The molecular weight excluding hydrogens is 242 g/mol. The molecule has 5 heteroatoms. The Labute approximate surface area is 111 Å². The van der Waals surface area contributed by atoms with Crippen LogP contribution >= 0.6 is 0 Å². The Morgan fingerprint density at radius 1 is 1.37 bits per heavy atom. The van der Waals surface area contributed by atoms with E-state index < -0.39 is 4.92 Å². The summed E-state index contributed by atoms with van der Waals surface area (Å²) in [4.78, 5) is 14.3. The molecule has 0 saturated carbocycles. The van der Waals surface area contributed by atoms with Gasteiger partial charge in [-0.25, -0.2) is 0 Å². The number of benzene rings is 1. The third-order valence-electron chi connectivity index (χ3n) is 3.02. The van der Waals surface area contributed by atoms with Crippen molar-refractivity contribution >= 4 is 5.69 Å². The van der Waals surface area contributed by atoms with E-state index in [9.17, 15) is 10.1 Å². The maximum atomic E-state index is 10.6. The summed E-state index contributed by atoms with van der Waals surface area (Å²) >= 11 is 0. The highest BCUT2D eigenvalue weighted by Crippen LogP contribution is 2.19. The average Bonchev–Trinajstić information content (AvgIpc) is 2.41. The van der Waals surface area contributed by atoms with Crippen molar-refractivity contribution in [3.8, 4) is 0 Å². The summed E-state index contributed by atoms with van der Waals surface area (Å²) in [7, 11) is 0. The molecule has 0 aliphatic heterocycles. The second-order valence-corrected chi connectivity index (χ2v) is 4.44. The van der Waals surface area contributed by atoms with Crippen molar-refractivity contribution in [1.82, 2.24) is 4.98 Å². The van der Waals surface area contributed by atoms with Crippen LogP contribution in [0, 0.1) is 17.0 Å². The minimum atomic E-state index is -0.444. The number of nitro groups is 1. The molecule has 98 valence electrons. The van der Waals surface area contributed by atoms with Gasteiger partial charge < -0.3 is 5.73 Å². The molecule has 0 amide bonds. The molecule has 1 unspecified atom stereocenters. The number of hydrogen-bond acceptors (Lipinski definition) is 4. The number of pyridine rings is 1. The quantitative estimate of drug-likeness (QED) is 0.674. The van der Waals surface area contributed by atoms with Gasteiger partial charge in [0, 0.05) is 24.2 Å². The van der Waals surface area contributed by atoms with Crippen LogP contribution in [-0.4, -0.2) is 9.91 Å². The van der Waals surface area contributed by atoms with Crippen LogP contribution in [0.15, 0.2) is 42.6 Å². The summed E-state index contributed by atoms with van der Waals surface area (Å²) in [5.41, 5.74) is 8.74. The molecule has 1 aromatic carbocycles. The molecule has 1 atom stereocenters. The lowest BCUT2D eigenvalue weighted by Gasteiger charge is -2.12.